The van der Waals surface area contributed by atoms with Gasteiger partial charge in [0.2, 0.25) is 5.89 Å². The first-order chi connectivity index (χ1) is 14.7. The van der Waals surface area contributed by atoms with E-state index in [0.717, 1.165) is 24.2 Å². The summed E-state index contributed by atoms with van der Waals surface area (Å²) < 4.78 is 11.0. The van der Waals surface area contributed by atoms with Crippen LogP contribution in [0, 0.1) is 0 Å². The van der Waals surface area contributed by atoms with Gasteiger partial charge in [0.05, 0.1) is 12.7 Å². The summed E-state index contributed by atoms with van der Waals surface area (Å²) in [6.45, 7) is 4.64. The van der Waals surface area contributed by atoms with E-state index in [-0.39, 0.29) is 5.91 Å². The Morgan fingerprint density at radius 1 is 1.13 bits per heavy atom. The molecule has 30 heavy (non-hydrogen) atoms. The molecule has 1 aromatic carbocycles. The van der Waals surface area contributed by atoms with Crippen LogP contribution in [0.25, 0.3) is 11.5 Å². The number of aryl methyl sites for hydroxylation is 1. The van der Waals surface area contributed by atoms with Gasteiger partial charge in [-0.2, -0.15) is 0 Å². The van der Waals surface area contributed by atoms with Gasteiger partial charge < -0.3 is 19.0 Å². The molecule has 2 aromatic heterocycles. The minimum absolute atomic E-state index is 0.0101. The third kappa shape index (κ3) is 4.12. The number of benzene rings is 1. The van der Waals surface area contributed by atoms with Gasteiger partial charge in [-0.3, -0.25) is 4.79 Å². The van der Waals surface area contributed by atoms with Crippen molar-refractivity contribution in [1.29, 1.82) is 0 Å². The number of amides is 1. The van der Waals surface area contributed by atoms with Gasteiger partial charge >= 0.3 is 0 Å². The Balaban J connectivity index is 1.47. The molecule has 0 aliphatic carbocycles. The van der Waals surface area contributed by atoms with Gasteiger partial charge in [-0.25, -0.2) is 4.98 Å². The van der Waals surface area contributed by atoms with Gasteiger partial charge in [-0.15, -0.1) is 10.2 Å². The lowest BCUT2D eigenvalue weighted by molar-refractivity contribution is 0.0746. The normalized spacial score (nSPS) is 14.1. The molecule has 0 atom stereocenters. The Kier molecular flexibility index (Phi) is 5.92. The van der Waals surface area contributed by atoms with Gasteiger partial charge in [0.1, 0.15) is 11.6 Å². The highest BCUT2D eigenvalue weighted by Crippen LogP contribution is 2.29. The minimum atomic E-state index is 0.0101. The van der Waals surface area contributed by atoms with E-state index in [1.807, 2.05) is 35.2 Å². The monoisotopic (exact) mass is 407 g/mol. The lowest BCUT2D eigenvalue weighted by atomic mass is 10.1. The predicted molar refractivity (Wildman–Crippen MR) is 113 cm³/mol. The number of anilines is 1. The Labute approximate surface area is 175 Å². The van der Waals surface area contributed by atoms with Crippen molar-refractivity contribution < 1.29 is 13.9 Å². The average Bonchev–Trinajstić information content (AvgIpc) is 3.27. The molecule has 0 N–H and O–H groups in total. The number of carbonyl (C=O) groups is 1. The summed E-state index contributed by atoms with van der Waals surface area (Å²) in [5.41, 5.74) is 1.45. The van der Waals surface area contributed by atoms with Gasteiger partial charge in [0, 0.05) is 44.4 Å². The van der Waals surface area contributed by atoms with Crippen molar-refractivity contribution in [2.45, 2.75) is 19.8 Å². The number of hydrogen-bond acceptors (Lipinski definition) is 7. The predicted octanol–water partition coefficient (Wildman–Crippen LogP) is 3.06. The van der Waals surface area contributed by atoms with Crippen LogP contribution in [0.1, 0.15) is 29.6 Å². The van der Waals surface area contributed by atoms with Crippen LogP contribution < -0.4 is 9.64 Å². The Hall–Kier alpha value is -3.42. The Morgan fingerprint density at radius 2 is 1.97 bits per heavy atom. The van der Waals surface area contributed by atoms with Crippen LogP contribution in [-0.2, 0) is 6.42 Å². The maximum absolute atomic E-state index is 12.9. The van der Waals surface area contributed by atoms with Crippen LogP contribution in [0.4, 0.5) is 5.82 Å². The van der Waals surface area contributed by atoms with E-state index in [9.17, 15) is 4.79 Å². The number of aromatic nitrogens is 3. The number of hydrogen-bond donors (Lipinski definition) is 0. The maximum atomic E-state index is 12.9. The first-order valence-corrected chi connectivity index (χ1v) is 10.2. The minimum Gasteiger partial charge on any atom is -0.497 e. The fraction of sp³-hybridized carbons (Fsp3) is 0.364. The van der Waals surface area contributed by atoms with Crippen LogP contribution in [0.3, 0.4) is 0 Å². The second kappa shape index (κ2) is 8.94. The molecule has 0 radical (unpaired) electrons. The van der Waals surface area contributed by atoms with Crippen molar-refractivity contribution in [2.75, 3.05) is 38.2 Å². The first kappa shape index (κ1) is 19.9. The largest absolute Gasteiger partial charge is 0.497 e. The molecule has 1 amide bonds. The molecule has 1 aliphatic rings. The molecule has 0 saturated carbocycles. The molecule has 3 aromatic rings. The van der Waals surface area contributed by atoms with Crippen LogP contribution in [0.15, 0.2) is 47.0 Å². The molecule has 8 nitrogen and oxygen atoms in total. The third-order valence-electron chi connectivity index (χ3n) is 5.13. The quantitative estimate of drug-likeness (QED) is 0.621. The van der Waals surface area contributed by atoms with Crippen molar-refractivity contribution in [1.82, 2.24) is 20.1 Å². The van der Waals surface area contributed by atoms with Crippen molar-refractivity contribution in [3.63, 3.8) is 0 Å². The standard InChI is InChI=1S/C22H25N5O3/c1-3-6-19-24-25-21(30-19)18-9-5-10-23-20(18)26-11-13-27(14-12-26)22(28)16-7-4-8-17(15-16)29-2/h4-5,7-10,15H,3,6,11-14H2,1-2H3. The van der Waals surface area contributed by atoms with E-state index in [0.29, 0.717) is 49.3 Å². The van der Waals surface area contributed by atoms with Crippen molar-refractivity contribution in [3.8, 4) is 17.2 Å². The first-order valence-electron chi connectivity index (χ1n) is 10.2. The summed E-state index contributed by atoms with van der Waals surface area (Å²) in [6, 6.07) is 11.1. The van der Waals surface area contributed by atoms with E-state index in [1.165, 1.54) is 0 Å². The molecule has 0 spiro atoms. The lowest BCUT2D eigenvalue weighted by Crippen LogP contribution is -2.49. The van der Waals surface area contributed by atoms with E-state index < -0.39 is 0 Å². The second-order valence-electron chi connectivity index (χ2n) is 7.14. The Morgan fingerprint density at radius 3 is 2.73 bits per heavy atom. The number of pyridine rings is 1. The molecule has 1 saturated heterocycles. The van der Waals surface area contributed by atoms with Crippen LogP contribution in [0.5, 0.6) is 5.75 Å². The molecule has 156 valence electrons. The fourth-order valence-corrected chi connectivity index (χ4v) is 3.55. The SMILES string of the molecule is CCCc1nnc(-c2cccnc2N2CCN(C(=O)c3cccc(OC)c3)CC2)o1. The summed E-state index contributed by atoms with van der Waals surface area (Å²) in [5.74, 6) is 2.61. The van der Waals surface area contributed by atoms with Crippen LogP contribution >= 0.6 is 0 Å². The molecule has 0 bridgehead atoms. The molecule has 1 aliphatic heterocycles. The van der Waals surface area contributed by atoms with Gasteiger partial charge in [-0.1, -0.05) is 13.0 Å². The molecule has 4 rings (SSSR count). The zero-order chi connectivity index (χ0) is 20.9. The second-order valence-corrected chi connectivity index (χ2v) is 7.14. The molecule has 1 fully saturated rings. The summed E-state index contributed by atoms with van der Waals surface area (Å²) in [5, 5.41) is 8.33. The summed E-state index contributed by atoms with van der Waals surface area (Å²) in [4.78, 5) is 21.5. The summed E-state index contributed by atoms with van der Waals surface area (Å²) >= 11 is 0. The van der Waals surface area contributed by atoms with E-state index in [4.69, 9.17) is 9.15 Å². The molecular weight excluding hydrogens is 382 g/mol. The number of nitrogens with zero attached hydrogens (tertiary/aromatic N) is 5. The highest BCUT2D eigenvalue weighted by atomic mass is 16.5. The average molecular weight is 407 g/mol. The molecule has 0 unspecified atom stereocenters. The number of rotatable bonds is 6. The lowest BCUT2D eigenvalue weighted by Gasteiger charge is -2.36. The van der Waals surface area contributed by atoms with Gasteiger partial charge in [0.15, 0.2) is 0 Å². The van der Waals surface area contributed by atoms with E-state index in [2.05, 4.69) is 27.0 Å². The summed E-state index contributed by atoms with van der Waals surface area (Å²) in [6.07, 6.45) is 3.47. The van der Waals surface area contributed by atoms with Crippen LogP contribution in [-0.4, -0.2) is 59.3 Å². The highest BCUT2D eigenvalue weighted by molar-refractivity contribution is 5.94. The van der Waals surface area contributed by atoms with Crippen molar-refractivity contribution >= 4 is 11.7 Å². The maximum Gasteiger partial charge on any atom is 0.254 e. The van der Waals surface area contributed by atoms with Crippen molar-refractivity contribution in [2.24, 2.45) is 0 Å². The molecular formula is C22H25N5O3. The topological polar surface area (TPSA) is 84.6 Å². The molecule has 3 heterocycles. The van der Waals surface area contributed by atoms with E-state index in [1.54, 1.807) is 19.4 Å². The highest BCUT2D eigenvalue weighted by Gasteiger charge is 2.25. The fourth-order valence-electron chi connectivity index (χ4n) is 3.55. The Bertz CT molecular complexity index is 1010. The van der Waals surface area contributed by atoms with Crippen molar-refractivity contribution in [3.05, 3.63) is 54.0 Å². The van der Waals surface area contributed by atoms with Gasteiger partial charge in [-0.05, 0) is 36.8 Å². The molecule has 8 heteroatoms. The smallest absolute Gasteiger partial charge is 0.254 e. The number of ether oxygens (including phenoxy) is 1. The van der Waals surface area contributed by atoms with E-state index >= 15 is 0 Å². The number of methoxy groups -OCH3 is 1. The number of carbonyl (C=O) groups excluding carboxylic acids is 1. The number of piperazine rings is 1. The third-order valence-corrected chi connectivity index (χ3v) is 5.13. The van der Waals surface area contributed by atoms with Gasteiger partial charge in [0.25, 0.3) is 11.8 Å². The zero-order valence-electron chi connectivity index (χ0n) is 17.2. The summed E-state index contributed by atoms with van der Waals surface area (Å²) in [7, 11) is 1.60. The van der Waals surface area contributed by atoms with Crippen LogP contribution in [0.2, 0.25) is 0 Å². The zero-order valence-corrected chi connectivity index (χ0v) is 17.2.